The molecule has 0 aromatic carbocycles. The first-order valence-corrected chi connectivity index (χ1v) is 7.31. The van der Waals surface area contributed by atoms with E-state index in [1.54, 1.807) is 0 Å². The molecule has 0 saturated heterocycles. The van der Waals surface area contributed by atoms with E-state index in [1.165, 1.54) is 0 Å². The molecule has 0 saturated carbocycles. The van der Waals surface area contributed by atoms with Crippen molar-refractivity contribution < 1.29 is 0 Å². The van der Waals surface area contributed by atoms with Crippen molar-refractivity contribution in [3.8, 4) is 0 Å². The van der Waals surface area contributed by atoms with Gasteiger partial charge in [0.1, 0.15) is 0 Å². The van der Waals surface area contributed by atoms with Gasteiger partial charge in [0, 0.05) is 5.54 Å². The molecule has 14 heavy (non-hydrogen) atoms. The molecular formula is C9H26N4Si. The fourth-order valence-electron chi connectivity index (χ4n) is 1.35. The Morgan fingerprint density at radius 2 is 1.57 bits per heavy atom. The molecule has 0 heterocycles. The van der Waals surface area contributed by atoms with E-state index >= 15 is 0 Å². The molecule has 0 spiro atoms. The van der Waals surface area contributed by atoms with E-state index in [4.69, 9.17) is 0 Å². The highest BCUT2D eigenvalue weighted by Crippen LogP contribution is 2.01. The van der Waals surface area contributed by atoms with Crippen molar-refractivity contribution in [3.63, 3.8) is 0 Å². The molecule has 0 rings (SSSR count). The summed E-state index contributed by atoms with van der Waals surface area (Å²) in [5.74, 6) is 0. The quantitative estimate of drug-likeness (QED) is 0.483. The van der Waals surface area contributed by atoms with E-state index in [0.29, 0.717) is 0 Å². The summed E-state index contributed by atoms with van der Waals surface area (Å²) >= 11 is 0. The minimum Gasteiger partial charge on any atom is -0.303 e. The first-order chi connectivity index (χ1) is 6.39. The third-order valence-corrected chi connectivity index (χ3v) is 5.36. The second-order valence-corrected chi connectivity index (χ2v) is 7.66. The molecule has 5 heteroatoms. The zero-order chi connectivity index (χ0) is 11.2. The fraction of sp³-hybridized carbons (Fsp3) is 1.00. The Bertz CT molecular complexity index is 151. The van der Waals surface area contributed by atoms with E-state index in [-0.39, 0.29) is 5.54 Å². The number of rotatable bonds is 6. The monoisotopic (exact) mass is 218 g/mol. The molecule has 86 valence electrons. The van der Waals surface area contributed by atoms with Crippen LogP contribution in [-0.4, -0.2) is 34.9 Å². The van der Waals surface area contributed by atoms with Crippen LogP contribution in [0.5, 0.6) is 0 Å². The van der Waals surface area contributed by atoms with E-state index in [9.17, 15) is 0 Å². The summed E-state index contributed by atoms with van der Waals surface area (Å²) in [5, 5.41) is 0. The van der Waals surface area contributed by atoms with Crippen molar-refractivity contribution >= 4 is 8.72 Å². The van der Waals surface area contributed by atoms with Gasteiger partial charge in [-0.2, -0.15) is 0 Å². The van der Waals surface area contributed by atoms with Crippen LogP contribution < -0.4 is 19.9 Å². The third-order valence-electron chi connectivity index (χ3n) is 1.95. The molecule has 0 aliphatic heterocycles. The van der Waals surface area contributed by atoms with Crippen LogP contribution in [0.3, 0.4) is 0 Å². The maximum Gasteiger partial charge on any atom is 0.365 e. The summed E-state index contributed by atoms with van der Waals surface area (Å²) < 4.78 is 0. The van der Waals surface area contributed by atoms with E-state index in [2.05, 4.69) is 47.6 Å². The predicted molar refractivity (Wildman–Crippen MR) is 65.1 cm³/mol. The lowest BCUT2D eigenvalue weighted by molar-refractivity contribution is 0.488. The van der Waals surface area contributed by atoms with Crippen LogP contribution in [0.25, 0.3) is 0 Å². The minimum atomic E-state index is -1.90. The molecule has 0 atom stereocenters. The molecular weight excluding hydrogens is 192 g/mol. The summed E-state index contributed by atoms with van der Waals surface area (Å²) in [5.41, 5.74) is 0.110. The van der Waals surface area contributed by atoms with Crippen LogP contribution in [0, 0.1) is 0 Å². The van der Waals surface area contributed by atoms with Crippen LogP contribution in [-0.2, 0) is 0 Å². The predicted octanol–water partition coefficient (Wildman–Crippen LogP) is 0.249. The second kappa shape index (κ2) is 5.82. The van der Waals surface area contributed by atoms with Gasteiger partial charge in [-0.25, -0.2) is 0 Å². The van der Waals surface area contributed by atoms with Crippen molar-refractivity contribution in [2.75, 3.05) is 20.6 Å². The van der Waals surface area contributed by atoms with Crippen molar-refractivity contribution in [1.29, 1.82) is 0 Å². The highest BCUT2D eigenvalue weighted by atomic mass is 28.4. The Hall–Kier alpha value is 0.0569. The van der Waals surface area contributed by atoms with Crippen LogP contribution in [0.15, 0.2) is 0 Å². The Morgan fingerprint density at radius 3 is 1.86 bits per heavy atom. The van der Waals surface area contributed by atoms with Crippen LogP contribution in [0.1, 0.15) is 34.1 Å². The van der Waals surface area contributed by atoms with Crippen molar-refractivity contribution in [2.45, 2.75) is 39.7 Å². The van der Waals surface area contributed by atoms with Gasteiger partial charge >= 0.3 is 8.72 Å². The largest absolute Gasteiger partial charge is 0.365 e. The summed E-state index contributed by atoms with van der Waals surface area (Å²) in [6.45, 7) is 9.73. The summed E-state index contributed by atoms with van der Waals surface area (Å²) in [6, 6.07) is 0. The fourth-order valence-corrected chi connectivity index (χ4v) is 4.04. The minimum absolute atomic E-state index is 0.110. The second-order valence-electron chi connectivity index (χ2n) is 4.55. The molecule has 0 aromatic heterocycles. The SMILES string of the molecule is CCCN[Si](NC)(NC)NC(C)(C)C. The molecule has 0 aliphatic carbocycles. The lowest BCUT2D eigenvalue weighted by Gasteiger charge is -2.37. The maximum atomic E-state index is 3.61. The Morgan fingerprint density at radius 1 is 1.07 bits per heavy atom. The van der Waals surface area contributed by atoms with Gasteiger partial charge in [0.05, 0.1) is 0 Å². The Kier molecular flexibility index (Phi) is 5.85. The van der Waals surface area contributed by atoms with Crippen molar-refractivity contribution in [3.05, 3.63) is 0 Å². The molecule has 4 N–H and O–H groups in total. The first-order valence-electron chi connectivity index (χ1n) is 5.31. The topological polar surface area (TPSA) is 48.1 Å². The highest BCUT2D eigenvalue weighted by Gasteiger charge is 2.34. The van der Waals surface area contributed by atoms with Crippen molar-refractivity contribution in [2.24, 2.45) is 0 Å². The highest BCUT2D eigenvalue weighted by molar-refractivity contribution is 6.70. The van der Waals surface area contributed by atoms with E-state index < -0.39 is 8.72 Å². The molecule has 0 unspecified atom stereocenters. The van der Waals surface area contributed by atoms with E-state index in [0.717, 1.165) is 13.0 Å². The van der Waals surface area contributed by atoms with Crippen molar-refractivity contribution in [1.82, 2.24) is 19.9 Å². The average molecular weight is 218 g/mol. The lowest BCUT2D eigenvalue weighted by Crippen LogP contribution is -2.82. The smallest absolute Gasteiger partial charge is 0.303 e. The number of nitrogens with one attached hydrogen (secondary N) is 4. The summed E-state index contributed by atoms with van der Waals surface area (Å²) in [4.78, 5) is 13.9. The molecule has 0 aliphatic rings. The standard InChI is InChI=1S/C9H26N4Si/c1-7-8-12-14(10-5,11-6)13-9(2,3)4/h10-13H,7-8H2,1-6H3. The van der Waals surface area contributed by atoms with Gasteiger partial charge in [0.15, 0.2) is 0 Å². The number of hydrogen-bond acceptors (Lipinski definition) is 4. The lowest BCUT2D eigenvalue weighted by atomic mass is 10.1. The molecule has 0 radical (unpaired) electrons. The first kappa shape index (κ1) is 14.1. The summed E-state index contributed by atoms with van der Waals surface area (Å²) in [7, 11) is 2.08. The van der Waals surface area contributed by atoms with Gasteiger partial charge in [-0.15, -0.1) is 0 Å². The normalized spacial score (nSPS) is 13.3. The number of hydrogen-bond donors (Lipinski definition) is 4. The zero-order valence-corrected chi connectivity index (χ0v) is 11.4. The van der Waals surface area contributed by atoms with Gasteiger partial charge in [0.25, 0.3) is 0 Å². The van der Waals surface area contributed by atoms with Crippen LogP contribution in [0.2, 0.25) is 0 Å². The average Bonchev–Trinajstić information content (AvgIpc) is 2.10. The van der Waals surface area contributed by atoms with E-state index in [1.807, 2.05) is 14.1 Å². The zero-order valence-electron chi connectivity index (χ0n) is 10.4. The van der Waals surface area contributed by atoms with Gasteiger partial charge in [-0.05, 0) is 47.8 Å². The van der Waals surface area contributed by atoms with Gasteiger partial charge in [0.2, 0.25) is 0 Å². The van der Waals surface area contributed by atoms with Gasteiger partial charge < -0.3 is 14.9 Å². The molecule has 0 amide bonds. The van der Waals surface area contributed by atoms with Gasteiger partial charge in [-0.3, -0.25) is 4.98 Å². The van der Waals surface area contributed by atoms with Crippen LogP contribution in [0.4, 0.5) is 0 Å². The molecule has 0 aromatic rings. The Labute approximate surface area is 89.6 Å². The molecule has 0 bridgehead atoms. The molecule has 4 nitrogen and oxygen atoms in total. The van der Waals surface area contributed by atoms with Gasteiger partial charge in [-0.1, -0.05) is 6.92 Å². The summed E-state index contributed by atoms with van der Waals surface area (Å²) in [6.07, 6.45) is 1.14. The maximum absolute atomic E-state index is 3.61. The molecule has 0 fully saturated rings. The Balaban J connectivity index is 4.36. The third kappa shape index (κ3) is 5.07. The van der Waals surface area contributed by atoms with Crippen LogP contribution >= 0.6 is 0 Å².